The third kappa shape index (κ3) is 5.37. The Morgan fingerprint density at radius 3 is 2.38 bits per heavy atom. The van der Waals surface area contributed by atoms with Gasteiger partial charge in [0.2, 0.25) is 0 Å². The van der Waals surface area contributed by atoms with Crippen molar-refractivity contribution in [3.8, 4) is 0 Å². The van der Waals surface area contributed by atoms with E-state index in [1.165, 1.54) is 0 Å². The molecule has 0 aliphatic rings. The normalized spacial score (nSPS) is 10.6. The molecule has 3 rings (SSSR count). The number of benzene rings is 2. The second-order valence-corrected chi connectivity index (χ2v) is 7.35. The van der Waals surface area contributed by atoms with E-state index in [9.17, 15) is 14.4 Å². The zero-order valence-corrected chi connectivity index (χ0v) is 18.2. The molecule has 0 fully saturated rings. The summed E-state index contributed by atoms with van der Waals surface area (Å²) < 4.78 is 10.4. The number of amides is 3. The molecule has 2 aromatic carbocycles. The summed E-state index contributed by atoms with van der Waals surface area (Å²) in [6.07, 6.45) is -0.831. The number of ether oxygens (including phenoxy) is 2. The van der Waals surface area contributed by atoms with Gasteiger partial charge in [-0.15, -0.1) is 0 Å². The fourth-order valence-electron chi connectivity index (χ4n) is 2.99. The fraction of sp³-hybridized carbons (Fsp3) is 0.261. The van der Waals surface area contributed by atoms with E-state index >= 15 is 0 Å². The molecule has 32 heavy (non-hydrogen) atoms. The van der Waals surface area contributed by atoms with E-state index in [1.807, 2.05) is 19.9 Å². The Balaban J connectivity index is 2.04. The topological polar surface area (TPSA) is 113 Å². The summed E-state index contributed by atoms with van der Waals surface area (Å²) in [4.78, 5) is 41.4. The van der Waals surface area contributed by atoms with Crippen molar-refractivity contribution in [1.29, 1.82) is 0 Å². The van der Waals surface area contributed by atoms with Crippen molar-refractivity contribution in [2.45, 2.75) is 20.8 Å². The van der Waals surface area contributed by atoms with Gasteiger partial charge in [-0.1, -0.05) is 50.2 Å². The number of carbonyl (C=O) groups is 3. The number of hydrogen-bond acceptors (Lipinski definition) is 5. The van der Waals surface area contributed by atoms with Crippen molar-refractivity contribution < 1.29 is 23.9 Å². The van der Waals surface area contributed by atoms with Crippen molar-refractivity contribution in [1.82, 2.24) is 10.4 Å². The molecule has 0 atom stereocenters. The summed E-state index contributed by atoms with van der Waals surface area (Å²) >= 11 is 0. The van der Waals surface area contributed by atoms with Crippen LogP contribution in [0.1, 0.15) is 31.3 Å². The molecule has 0 unspecified atom stereocenters. The van der Waals surface area contributed by atoms with Gasteiger partial charge in [0.15, 0.2) is 5.69 Å². The Bertz CT molecular complexity index is 1090. The molecule has 0 bridgehead atoms. The molecule has 1 aromatic heterocycles. The van der Waals surface area contributed by atoms with Gasteiger partial charge < -0.3 is 19.8 Å². The Labute approximate surface area is 185 Å². The first-order valence-electron chi connectivity index (χ1n) is 10.3. The summed E-state index contributed by atoms with van der Waals surface area (Å²) in [6.45, 7) is 5.78. The van der Waals surface area contributed by atoms with Crippen LogP contribution < -0.4 is 15.8 Å². The summed E-state index contributed by atoms with van der Waals surface area (Å²) in [7, 11) is 0. The van der Waals surface area contributed by atoms with Crippen LogP contribution in [0.15, 0.2) is 54.6 Å². The number of nitrogens with zero attached hydrogens (tertiary/aromatic N) is 1. The molecule has 168 valence electrons. The molecule has 0 spiro atoms. The van der Waals surface area contributed by atoms with E-state index in [0.717, 1.165) is 5.01 Å². The first kappa shape index (κ1) is 22.7. The number of esters is 1. The number of para-hydroxylation sites is 2. The molecule has 9 nitrogen and oxygen atoms in total. The standard InChI is InChI=1S/C23H26N4O5/c1-4-31-21(28)19-20(17-12-8-9-13-18(17)25-19)27(26-23(30)32-14-15(2)3)22(29)24-16-10-6-5-7-11-16/h5-13,15,25H,4,14H2,1-3H3,(H,24,29)(H,26,30). The number of nitrogens with one attached hydrogen (secondary N) is 3. The fourth-order valence-corrected chi connectivity index (χ4v) is 2.99. The van der Waals surface area contributed by atoms with Crippen LogP contribution in [0.5, 0.6) is 0 Å². The van der Waals surface area contributed by atoms with E-state index < -0.39 is 18.1 Å². The van der Waals surface area contributed by atoms with Crippen LogP contribution in [-0.2, 0) is 9.47 Å². The Morgan fingerprint density at radius 1 is 1.00 bits per heavy atom. The van der Waals surface area contributed by atoms with Crippen molar-refractivity contribution in [2.75, 3.05) is 23.5 Å². The molecule has 0 saturated carbocycles. The highest BCUT2D eigenvalue weighted by Gasteiger charge is 2.29. The monoisotopic (exact) mass is 438 g/mol. The third-order valence-corrected chi connectivity index (χ3v) is 4.36. The average Bonchev–Trinajstić information content (AvgIpc) is 3.16. The zero-order valence-electron chi connectivity index (χ0n) is 18.2. The second-order valence-electron chi connectivity index (χ2n) is 7.35. The van der Waals surface area contributed by atoms with Crippen LogP contribution >= 0.6 is 0 Å². The van der Waals surface area contributed by atoms with Crippen molar-refractivity contribution in [3.05, 3.63) is 60.3 Å². The summed E-state index contributed by atoms with van der Waals surface area (Å²) in [5.74, 6) is -0.552. The van der Waals surface area contributed by atoms with E-state index in [1.54, 1.807) is 55.5 Å². The highest BCUT2D eigenvalue weighted by Crippen LogP contribution is 2.31. The number of aromatic nitrogens is 1. The smallest absolute Gasteiger partial charge is 0.426 e. The van der Waals surface area contributed by atoms with Crippen molar-refractivity contribution in [2.24, 2.45) is 5.92 Å². The lowest BCUT2D eigenvalue weighted by Gasteiger charge is -2.24. The van der Waals surface area contributed by atoms with Crippen LogP contribution in [-0.4, -0.2) is 36.3 Å². The maximum Gasteiger partial charge on any atom is 0.426 e. The first-order valence-corrected chi connectivity index (χ1v) is 10.3. The molecule has 3 aromatic rings. The van der Waals surface area contributed by atoms with E-state index in [2.05, 4.69) is 15.7 Å². The first-order chi connectivity index (χ1) is 15.4. The number of H-pyrrole nitrogens is 1. The van der Waals surface area contributed by atoms with Gasteiger partial charge in [-0.3, -0.25) is 0 Å². The predicted octanol–water partition coefficient (Wildman–Crippen LogP) is 4.68. The number of hydrazine groups is 1. The number of hydrogen-bond donors (Lipinski definition) is 3. The van der Waals surface area contributed by atoms with Gasteiger partial charge in [0.25, 0.3) is 0 Å². The Hall–Kier alpha value is -4.01. The molecular formula is C23H26N4O5. The minimum atomic E-state index is -0.831. The zero-order chi connectivity index (χ0) is 23.1. The van der Waals surface area contributed by atoms with Gasteiger partial charge in [0.05, 0.1) is 13.2 Å². The van der Waals surface area contributed by atoms with Gasteiger partial charge in [-0.25, -0.2) is 19.8 Å². The molecule has 3 N–H and O–H groups in total. The molecule has 0 aliphatic carbocycles. The average molecular weight is 438 g/mol. The third-order valence-electron chi connectivity index (χ3n) is 4.36. The second kappa shape index (κ2) is 10.3. The van der Waals surface area contributed by atoms with Crippen LogP contribution in [0, 0.1) is 5.92 Å². The summed E-state index contributed by atoms with van der Waals surface area (Å²) in [5.41, 5.74) is 3.74. The highest BCUT2D eigenvalue weighted by atomic mass is 16.6. The molecule has 3 amide bonds. The number of anilines is 2. The largest absolute Gasteiger partial charge is 0.461 e. The number of fused-ring (bicyclic) bond motifs is 1. The van der Waals surface area contributed by atoms with Crippen LogP contribution in [0.4, 0.5) is 21.0 Å². The number of urea groups is 1. The molecule has 9 heteroatoms. The van der Waals surface area contributed by atoms with Crippen molar-refractivity contribution >= 4 is 40.4 Å². The number of aromatic amines is 1. The van der Waals surface area contributed by atoms with Crippen LogP contribution in [0.3, 0.4) is 0 Å². The Kier molecular flexibility index (Phi) is 7.33. The van der Waals surface area contributed by atoms with E-state index in [-0.39, 0.29) is 30.5 Å². The SMILES string of the molecule is CCOC(=O)c1[nH]c2ccccc2c1N(NC(=O)OCC(C)C)C(=O)Nc1ccccc1. The summed E-state index contributed by atoms with van der Waals surface area (Å²) in [6, 6.07) is 15.1. The van der Waals surface area contributed by atoms with Gasteiger partial charge in [-0.05, 0) is 31.0 Å². The van der Waals surface area contributed by atoms with Gasteiger partial charge in [-0.2, -0.15) is 5.01 Å². The van der Waals surface area contributed by atoms with Crippen LogP contribution in [0.2, 0.25) is 0 Å². The van der Waals surface area contributed by atoms with E-state index in [4.69, 9.17) is 9.47 Å². The van der Waals surface area contributed by atoms with Gasteiger partial charge >= 0.3 is 18.1 Å². The van der Waals surface area contributed by atoms with Crippen LogP contribution in [0.25, 0.3) is 10.9 Å². The van der Waals surface area contributed by atoms with Crippen molar-refractivity contribution in [3.63, 3.8) is 0 Å². The molecule has 0 saturated heterocycles. The minimum Gasteiger partial charge on any atom is -0.461 e. The lowest BCUT2D eigenvalue weighted by Crippen LogP contribution is -2.49. The maximum absolute atomic E-state index is 13.2. The van der Waals surface area contributed by atoms with Gasteiger partial charge in [0, 0.05) is 16.6 Å². The molecule has 1 heterocycles. The minimum absolute atomic E-state index is 0.0282. The van der Waals surface area contributed by atoms with Gasteiger partial charge in [0.1, 0.15) is 5.69 Å². The maximum atomic E-state index is 13.2. The number of carbonyl (C=O) groups excluding carboxylic acids is 3. The lowest BCUT2D eigenvalue weighted by molar-refractivity contribution is 0.0521. The quantitative estimate of drug-likeness (QED) is 0.382. The molecule has 0 radical (unpaired) electrons. The molecule has 0 aliphatic heterocycles. The highest BCUT2D eigenvalue weighted by molar-refractivity contribution is 6.14. The number of rotatable bonds is 6. The Morgan fingerprint density at radius 2 is 1.69 bits per heavy atom. The lowest BCUT2D eigenvalue weighted by atomic mass is 10.2. The predicted molar refractivity (Wildman–Crippen MR) is 122 cm³/mol. The molecular weight excluding hydrogens is 412 g/mol. The van der Waals surface area contributed by atoms with E-state index in [0.29, 0.717) is 16.6 Å². The summed E-state index contributed by atoms with van der Waals surface area (Å²) in [5, 5.41) is 4.22.